The van der Waals surface area contributed by atoms with Gasteiger partial charge in [0.05, 0.1) is 6.04 Å². The summed E-state index contributed by atoms with van der Waals surface area (Å²) in [5.41, 5.74) is 0. The van der Waals surface area contributed by atoms with Gasteiger partial charge in [-0.05, 0) is 25.8 Å². The molecule has 1 atom stereocenters. The van der Waals surface area contributed by atoms with Gasteiger partial charge < -0.3 is 19.9 Å². The van der Waals surface area contributed by atoms with E-state index in [9.17, 15) is 9.59 Å². The Labute approximate surface area is 126 Å². The molecule has 21 heavy (non-hydrogen) atoms. The Morgan fingerprint density at radius 1 is 1.19 bits per heavy atom. The van der Waals surface area contributed by atoms with E-state index in [0.717, 1.165) is 39.0 Å². The maximum atomic E-state index is 12.4. The van der Waals surface area contributed by atoms with Gasteiger partial charge in [-0.1, -0.05) is 6.92 Å². The van der Waals surface area contributed by atoms with Crippen molar-refractivity contribution in [1.29, 1.82) is 0 Å². The van der Waals surface area contributed by atoms with Crippen LogP contribution in [0.15, 0.2) is 0 Å². The lowest BCUT2D eigenvalue weighted by molar-refractivity contribution is -0.122. The first-order valence-corrected chi connectivity index (χ1v) is 7.96. The zero-order chi connectivity index (χ0) is 15.2. The van der Waals surface area contributed by atoms with Gasteiger partial charge in [-0.2, -0.15) is 0 Å². The molecule has 2 saturated heterocycles. The van der Waals surface area contributed by atoms with E-state index in [1.54, 1.807) is 0 Å². The van der Waals surface area contributed by atoms with Crippen molar-refractivity contribution in [2.24, 2.45) is 5.92 Å². The van der Waals surface area contributed by atoms with Crippen LogP contribution in [0.5, 0.6) is 0 Å². The van der Waals surface area contributed by atoms with Crippen LogP contribution in [0.2, 0.25) is 0 Å². The van der Waals surface area contributed by atoms with Crippen LogP contribution in [0.25, 0.3) is 0 Å². The molecule has 6 nitrogen and oxygen atoms in total. The molecule has 2 amide bonds. The summed E-state index contributed by atoms with van der Waals surface area (Å²) < 4.78 is 5.36. The predicted octanol–water partition coefficient (Wildman–Crippen LogP) is 0.718. The van der Waals surface area contributed by atoms with Gasteiger partial charge in [0.25, 0.3) is 0 Å². The highest BCUT2D eigenvalue weighted by molar-refractivity contribution is 5.88. The maximum absolute atomic E-state index is 12.4. The van der Waals surface area contributed by atoms with Crippen LogP contribution in [0.4, 0.5) is 4.79 Å². The average Bonchev–Trinajstić information content (AvgIpc) is 2.53. The van der Waals surface area contributed by atoms with Gasteiger partial charge in [0.2, 0.25) is 0 Å². The maximum Gasteiger partial charge on any atom is 0.318 e. The fraction of sp³-hybridized carbons (Fsp3) is 0.867. The number of Topliss-reactive ketones (excluding diaryl/α,β-unsaturated/α-hetero) is 1. The van der Waals surface area contributed by atoms with E-state index in [4.69, 9.17) is 4.74 Å². The second-order valence-electron chi connectivity index (χ2n) is 5.99. The minimum Gasteiger partial charge on any atom is -0.381 e. The first kappa shape index (κ1) is 16.2. The van der Waals surface area contributed by atoms with Crippen LogP contribution in [0.1, 0.15) is 26.2 Å². The first-order chi connectivity index (χ1) is 10.1. The summed E-state index contributed by atoms with van der Waals surface area (Å²) in [6.07, 6.45) is 2.16. The molecule has 1 N–H and O–H groups in total. The molecule has 120 valence electrons. The molecule has 2 heterocycles. The minimum absolute atomic E-state index is 0.0959. The van der Waals surface area contributed by atoms with Crippen molar-refractivity contribution in [3.8, 4) is 0 Å². The first-order valence-electron chi connectivity index (χ1n) is 7.96. The fourth-order valence-corrected chi connectivity index (χ4v) is 2.96. The van der Waals surface area contributed by atoms with Crippen LogP contribution in [-0.4, -0.2) is 74.1 Å². The standard InChI is InChI=1S/C15H27N3O3/c1-3-13(19)14(12-4-10-21-11-5-12)16-15(20)18-8-6-17(2)7-9-18/h12,14H,3-11H2,1-2H3,(H,16,20)/t14-/m0/s1. The van der Waals surface area contributed by atoms with Crippen molar-refractivity contribution in [2.45, 2.75) is 32.2 Å². The van der Waals surface area contributed by atoms with Crippen LogP contribution in [-0.2, 0) is 9.53 Å². The summed E-state index contributed by atoms with van der Waals surface area (Å²) in [5, 5.41) is 2.99. The molecule has 0 aromatic heterocycles. The Morgan fingerprint density at radius 3 is 2.38 bits per heavy atom. The number of hydrogen-bond donors (Lipinski definition) is 1. The van der Waals surface area contributed by atoms with Crippen molar-refractivity contribution < 1.29 is 14.3 Å². The zero-order valence-electron chi connectivity index (χ0n) is 13.1. The molecule has 0 unspecified atom stereocenters. The van der Waals surface area contributed by atoms with Crippen molar-refractivity contribution in [3.63, 3.8) is 0 Å². The number of piperazine rings is 1. The Bertz CT molecular complexity index is 361. The van der Waals surface area contributed by atoms with Gasteiger partial charge in [0.15, 0.2) is 5.78 Å². The Morgan fingerprint density at radius 2 is 1.81 bits per heavy atom. The Balaban J connectivity index is 1.94. The number of nitrogens with zero attached hydrogens (tertiary/aromatic N) is 2. The fourth-order valence-electron chi connectivity index (χ4n) is 2.96. The number of likely N-dealkylation sites (N-methyl/N-ethyl adjacent to an activating group) is 1. The summed E-state index contributed by atoms with van der Waals surface area (Å²) in [7, 11) is 2.06. The number of rotatable bonds is 4. The monoisotopic (exact) mass is 297 g/mol. The number of ether oxygens (including phenoxy) is 1. The lowest BCUT2D eigenvalue weighted by atomic mass is 9.88. The number of hydrogen-bond acceptors (Lipinski definition) is 4. The van der Waals surface area contributed by atoms with Crippen molar-refractivity contribution in [2.75, 3.05) is 46.4 Å². The van der Waals surface area contributed by atoms with Crippen molar-refractivity contribution in [3.05, 3.63) is 0 Å². The number of carbonyl (C=O) groups excluding carboxylic acids is 2. The smallest absolute Gasteiger partial charge is 0.318 e. The Kier molecular flexibility index (Phi) is 5.99. The summed E-state index contributed by atoms with van der Waals surface area (Å²) in [4.78, 5) is 28.6. The lowest BCUT2D eigenvalue weighted by Crippen LogP contribution is -2.55. The average molecular weight is 297 g/mol. The van der Waals surface area contributed by atoms with Crippen LogP contribution in [0.3, 0.4) is 0 Å². The van der Waals surface area contributed by atoms with Gasteiger partial charge in [-0.15, -0.1) is 0 Å². The molecule has 2 aliphatic rings. The highest BCUT2D eigenvalue weighted by atomic mass is 16.5. The summed E-state index contributed by atoms with van der Waals surface area (Å²) in [5.74, 6) is 0.340. The van der Waals surface area contributed by atoms with E-state index in [-0.39, 0.29) is 23.8 Å². The van der Waals surface area contributed by atoms with E-state index in [0.29, 0.717) is 19.6 Å². The molecular weight excluding hydrogens is 270 g/mol. The molecule has 0 bridgehead atoms. The van der Waals surface area contributed by atoms with Crippen molar-refractivity contribution >= 4 is 11.8 Å². The summed E-state index contributed by atoms with van der Waals surface area (Å²) in [6, 6.07) is -0.451. The van der Waals surface area contributed by atoms with E-state index >= 15 is 0 Å². The van der Waals surface area contributed by atoms with Gasteiger partial charge in [0, 0.05) is 45.8 Å². The van der Waals surface area contributed by atoms with Gasteiger partial charge in [-0.3, -0.25) is 4.79 Å². The molecule has 0 aliphatic carbocycles. The topological polar surface area (TPSA) is 61.9 Å². The molecule has 0 radical (unpaired) electrons. The third kappa shape index (κ3) is 4.41. The lowest BCUT2D eigenvalue weighted by Gasteiger charge is -2.35. The van der Waals surface area contributed by atoms with Gasteiger partial charge in [-0.25, -0.2) is 4.79 Å². The minimum atomic E-state index is -0.356. The van der Waals surface area contributed by atoms with E-state index in [1.165, 1.54) is 0 Å². The van der Waals surface area contributed by atoms with Gasteiger partial charge >= 0.3 is 6.03 Å². The molecule has 2 fully saturated rings. The number of nitrogens with one attached hydrogen (secondary N) is 1. The molecule has 2 aliphatic heterocycles. The summed E-state index contributed by atoms with van der Waals surface area (Å²) in [6.45, 7) is 6.45. The number of carbonyl (C=O) groups is 2. The van der Waals surface area contributed by atoms with Crippen LogP contribution >= 0.6 is 0 Å². The highest BCUT2D eigenvalue weighted by Gasteiger charge is 2.31. The van der Waals surface area contributed by atoms with Gasteiger partial charge in [0.1, 0.15) is 0 Å². The quantitative estimate of drug-likeness (QED) is 0.830. The Hall–Kier alpha value is -1.14. The predicted molar refractivity (Wildman–Crippen MR) is 80.2 cm³/mol. The second-order valence-corrected chi connectivity index (χ2v) is 5.99. The molecule has 0 aromatic carbocycles. The normalized spacial score (nSPS) is 22.9. The van der Waals surface area contributed by atoms with E-state index in [1.807, 2.05) is 11.8 Å². The molecule has 6 heteroatoms. The molecule has 0 spiro atoms. The summed E-state index contributed by atoms with van der Waals surface area (Å²) >= 11 is 0. The highest BCUT2D eigenvalue weighted by Crippen LogP contribution is 2.20. The molecular formula is C15H27N3O3. The van der Waals surface area contributed by atoms with E-state index < -0.39 is 0 Å². The molecule has 0 saturated carbocycles. The molecule has 0 aromatic rings. The van der Waals surface area contributed by atoms with Crippen LogP contribution < -0.4 is 5.32 Å². The third-order valence-corrected chi connectivity index (χ3v) is 4.50. The third-order valence-electron chi connectivity index (χ3n) is 4.50. The van der Waals surface area contributed by atoms with E-state index in [2.05, 4.69) is 17.3 Å². The molecule has 2 rings (SSSR count). The number of amides is 2. The SMILES string of the molecule is CCC(=O)[C@@H](NC(=O)N1CCN(C)CC1)C1CCOCC1. The number of urea groups is 1. The zero-order valence-corrected chi connectivity index (χ0v) is 13.1. The largest absolute Gasteiger partial charge is 0.381 e. The number of ketones is 1. The van der Waals surface area contributed by atoms with Crippen LogP contribution in [0, 0.1) is 5.92 Å². The second kappa shape index (κ2) is 7.75. The van der Waals surface area contributed by atoms with Crippen molar-refractivity contribution in [1.82, 2.24) is 15.1 Å².